The van der Waals surface area contributed by atoms with Gasteiger partial charge in [-0.05, 0) is 50.7 Å². The summed E-state index contributed by atoms with van der Waals surface area (Å²) in [6, 6.07) is 7.96. The van der Waals surface area contributed by atoms with Gasteiger partial charge in [-0.25, -0.2) is 0 Å². The molecule has 0 unspecified atom stereocenters. The molecule has 7 heteroatoms. The molecule has 3 rings (SSSR count). The van der Waals surface area contributed by atoms with E-state index in [1.807, 2.05) is 18.2 Å². The number of anilines is 1. The summed E-state index contributed by atoms with van der Waals surface area (Å²) in [7, 11) is 2.14. The average molecular weight is 425 g/mol. The number of aromatic nitrogens is 1. The van der Waals surface area contributed by atoms with Gasteiger partial charge in [0.05, 0.1) is 22.3 Å². The van der Waals surface area contributed by atoms with Crippen LogP contribution in [0.25, 0.3) is 0 Å². The maximum Gasteiger partial charge on any atom is 0.150 e. The Kier molecular flexibility index (Phi) is 7.63. The minimum absolute atomic E-state index is 0.408. The quantitative estimate of drug-likeness (QED) is 0.610. The van der Waals surface area contributed by atoms with Gasteiger partial charge in [0.25, 0.3) is 0 Å². The van der Waals surface area contributed by atoms with Crippen molar-refractivity contribution in [3.8, 4) is 0 Å². The van der Waals surface area contributed by atoms with Gasteiger partial charge in [-0.15, -0.1) is 0 Å². The van der Waals surface area contributed by atoms with Crippen molar-refractivity contribution in [1.82, 2.24) is 15.0 Å². The fourth-order valence-corrected chi connectivity index (χ4v) is 3.79. The van der Waals surface area contributed by atoms with E-state index < -0.39 is 0 Å². The average Bonchev–Trinajstić information content (AvgIpc) is 3.13. The molecule has 154 valence electrons. The summed E-state index contributed by atoms with van der Waals surface area (Å²) in [5, 5.41) is 5.37. The normalized spacial score (nSPS) is 15.8. The highest BCUT2D eigenvalue weighted by atomic mass is 35.5. The third-order valence-electron chi connectivity index (χ3n) is 5.25. The molecule has 28 heavy (non-hydrogen) atoms. The highest BCUT2D eigenvalue weighted by Crippen LogP contribution is 2.27. The Labute approximate surface area is 178 Å². The van der Waals surface area contributed by atoms with Crippen molar-refractivity contribution in [2.45, 2.75) is 32.7 Å². The lowest BCUT2D eigenvalue weighted by molar-refractivity contribution is 0.222. The summed E-state index contributed by atoms with van der Waals surface area (Å²) >= 11 is 12.2. The van der Waals surface area contributed by atoms with Crippen LogP contribution in [0.5, 0.6) is 0 Å². The van der Waals surface area contributed by atoms with Crippen molar-refractivity contribution in [3.63, 3.8) is 0 Å². The topological polar surface area (TPSA) is 35.8 Å². The number of halogens is 2. The van der Waals surface area contributed by atoms with E-state index in [9.17, 15) is 0 Å². The van der Waals surface area contributed by atoms with E-state index in [2.05, 4.69) is 46.8 Å². The van der Waals surface area contributed by atoms with Crippen LogP contribution < -0.4 is 4.90 Å². The molecule has 1 aliphatic rings. The number of nitrogens with zero attached hydrogens (tertiary/aromatic N) is 4. The van der Waals surface area contributed by atoms with Gasteiger partial charge in [0, 0.05) is 37.9 Å². The van der Waals surface area contributed by atoms with Gasteiger partial charge < -0.3 is 9.42 Å². The van der Waals surface area contributed by atoms with Gasteiger partial charge in [0.15, 0.2) is 5.76 Å². The third-order valence-corrected chi connectivity index (χ3v) is 5.99. The van der Waals surface area contributed by atoms with Gasteiger partial charge in [0.1, 0.15) is 0 Å². The zero-order valence-corrected chi connectivity index (χ0v) is 18.5. The molecule has 2 heterocycles. The van der Waals surface area contributed by atoms with Crippen LogP contribution in [0.1, 0.15) is 37.6 Å². The van der Waals surface area contributed by atoms with Crippen LogP contribution in [-0.2, 0) is 6.54 Å². The molecule has 0 amide bonds. The van der Waals surface area contributed by atoms with Gasteiger partial charge in [0.2, 0.25) is 0 Å². The minimum atomic E-state index is 0.408. The van der Waals surface area contributed by atoms with Crippen molar-refractivity contribution in [2.75, 3.05) is 51.2 Å². The van der Waals surface area contributed by atoms with Crippen LogP contribution in [0.3, 0.4) is 0 Å². The van der Waals surface area contributed by atoms with Crippen molar-refractivity contribution < 1.29 is 4.52 Å². The lowest BCUT2D eigenvalue weighted by Crippen LogP contribution is -2.47. The van der Waals surface area contributed by atoms with Crippen LogP contribution in [0.15, 0.2) is 28.8 Å². The first-order chi connectivity index (χ1) is 13.4. The van der Waals surface area contributed by atoms with Crippen molar-refractivity contribution in [1.29, 1.82) is 0 Å². The van der Waals surface area contributed by atoms with Crippen molar-refractivity contribution in [2.24, 2.45) is 0 Å². The molecular weight excluding hydrogens is 395 g/mol. The third kappa shape index (κ3) is 5.86. The van der Waals surface area contributed by atoms with E-state index in [1.54, 1.807) is 0 Å². The molecule has 1 fully saturated rings. The van der Waals surface area contributed by atoms with E-state index in [-0.39, 0.29) is 0 Å². The largest absolute Gasteiger partial charge is 0.369 e. The SMILES string of the molecule is CC(C)c1cc(CN(C)CCCN2CCN(c3ccc(Cl)c(Cl)c3)CC2)on1. The Morgan fingerprint density at radius 3 is 2.50 bits per heavy atom. The highest BCUT2D eigenvalue weighted by molar-refractivity contribution is 6.42. The Bertz CT molecular complexity index is 757. The molecule has 0 aliphatic carbocycles. The predicted octanol–water partition coefficient (Wildman–Crippen LogP) is 4.75. The first-order valence-electron chi connectivity index (χ1n) is 9.98. The molecule has 1 saturated heterocycles. The summed E-state index contributed by atoms with van der Waals surface area (Å²) in [5.41, 5.74) is 2.19. The molecule has 0 radical (unpaired) electrons. The molecule has 0 bridgehead atoms. The minimum Gasteiger partial charge on any atom is -0.369 e. The zero-order chi connectivity index (χ0) is 20.1. The lowest BCUT2D eigenvalue weighted by atomic mass is 10.1. The molecule has 1 aliphatic heterocycles. The summed E-state index contributed by atoms with van der Waals surface area (Å²) in [6.45, 7) is 11.4. The first-order valence-corrected chi connectivity index (χ1v) is 10.7. The van der Waals surface area contributed by atoms with Crippen molar-refractivity contribution in [3.05, 3.63) is 45.8 Å². The van der Waals surface area contributed by atoms with Crippen LogP contribution in [0.4, 0.5) is 5.69 Å². The molecule has 0 spiro atoms. The second kappa shape index (κ2) is 9.97. The van der Waals surface area contributed by atoms with E-state index in [4.69, 9.17) is 27.7 Å². The van der Waals surface area contributed by atoms with E-state index in [1.165, 1.54) is 0 Å². The molecule has 5 nitrogen and oxygen atoms in total. The second-order valence-corrected chi connectivity index (χ2v) is 8.71. The highest BCUT2D eigenvalue weighted by Gasteiger charge is 2.18. The molecule has 0 N–H and O–H groups in total. The monoisotopic (exact) mass is 424 g/mol. The van der Waals surface area contributed by atoms with Gasteiger partial charge in [-0.2, -0.15) is 0 Å². The predicted molar refractivity (Wildman–Crippen MR) is 117 cm³/mol. The van der Waals surface area contributed by atoms with Gasteiger partial charge >= 0.3 is 0 Å². The Morgan fingerprint density at radius 1 is 1.11 bits per heavy atom. The van der Waals surface area contributed by atoms with Gasteiger partial charge in [-0.1, -0.05) is 42.2 Å². The molecule has 1 aromatic heterocycles. The summed E-state index contributed by atoms with van der Waals surface area (Å²) < 4.78 is 5.44. The number of hydrogen-bond acceptors (Lipinski definition) is 5. The number of piperazine rings is 1. The van der Waals surface area contributed by atoms with E-state index in [0.29, 0.717) is 16.0 Å². The van der Waals surface area contributed by atoms with Crippen LogP contribution in [0.2, 0.25) is 10.0 Å². The summed E-state index contributed by atoms with van der Waals surface area (Å²) in [4.78, 5) is 7.21. The van der Waals surface area contributed by atoms with E-state index in [0.717, 1.165) is 69.4 Å². The molecular formula is C21H30Cl2N4O. The van der Waals surface area contributed by atoms with Crippen molar-refractivity contribution >= 4 is 28.9 Å². The summed E-state index contributed by atoms with van der Waals surface area (Å²) in [6.07, 6.45) is 1.15. The van der Waals surface area contributed by atoms with Crippen LogP contribution in [0, 0.1) is 0 Å². The van der Waals surface area contributed by atoms with E-state index >= 15 is 0 Å². The maximum absolute atomic E-state index is 6.15. The lowest BCUT2D eigenvalue weighted by Gasteiger charge is -2.36. The van der Waals surface area contributed by atoms with Gasteiger partial charge in [-0.3, -0.25) is 9.80 Å². The molecule has 2 aromatic rings. The number of rotatable bonds is 8. The fraction of sp³-hybridized carbons (Fsp3) is 0.571. The fourth-order valence-electron chi connectivity index (χ4n) is 3.50. The molecule has 1 aromatic carbocycles. The Morgan fingerprint density at radius 2 is 1.86 bits per heavy atom. The maximum atomic E-state index is 6.15. The molecule has 0 atom stereocenters. The second-order valence-electron chi connectivity index (χ2n) is 7.89. The number of hydrogen-bond donors (Lipinski definition) is 0. The number of benzene rings is 1. The molecule has 0 saturated carbocycles. The first kappa shape index (κ1) is 21.4. The Balaban J connectivity index is 1.36. The standard InChI is InChI=1S/C21H30Cl2N4O/c1-16(2)21-14-18(28-24-21)15-25(3)7-4-8-26-9-11-27(12-10-26)17-5-6-19(22)20(23)13-17/h5-6,13-14,16H,4,7-12,15H2,1-3H3. The Hall–Kier alpha value is -1.27. The van der Waals surface area contributed by atoms with Crippen LogP contribution >= 0.6 is 23.2 Å². The zero-order valence-electron chi connectivity index (χ0n) is 17.0. The summed E-state index contributed by atoms with van der Waals surface area (Å²) in [5.74, 6) is 1.35. The smallest absolute Gasteiger partial charge is 0.150 e. The van der Waals surface area contributed by atoms with Crippen LogP contribution in [-0.4, -0.2) is 61.3 Å².